The molecule has 1 aromatic carbocycles. The normalized spacial score (nSPS) is 18.1. The summed E-state index contributed by atoms with van der Waals surface area (Å²) >= 11 is 6.50. The highest BCUT2D eigenvalue weighted by Gasteiger charge is 2.43. The Hall–Kier alpha value is -3.17. The second-order valence-electron chi connectivity index (χ2n) is 6.70. The van der Waals surface area contributed by atoms with Crippen LogP contribution in [0, 0.1) is 30.1 Å². The lowest BCUT2D eigenvalue weighted by Crippen LogP contribution is -2.15. The van der Waals surface area contributed by atoms with Crippen molar-refractivity contribution in [1.29, 1.82) is 5.26 Å². The lowest BCUT2D eigenvalue weighted by atomic mass is 9.99. The summed E-state index contributed by atoms with van der Waals surface area (Å²) in [6.45, 7) is 1.98. The molecule has 27 heavy (non-hydrogen) atoms. The average molecular weight is 378 g/mol. The van der Waals surface area contributed by atoms with E-state index in [0.717, 1.165) is 22.1 Å². The van der Waals surface area contributed by atoms with Gasteiger partial charge in [-0.05, 0) is 42.5 Å². The van der Waals surface area contributed by atoms with E-state index in [-0.39, 0.29) is 17.7 Å². The number of aryl methyl sites for hydroxylation is 1. The van der Waals surface area contributed by atoms with Gasteiger partial charge in [0.15, 0.2) is 0 Å². The molecule has 1 aliphatic carbocycles. The third-order valence-corrected chi connectivity index (χ3v) is 5.28. The maximum atomic E-state index is 12.2. The Bertz CT molecular complexity index is 1120. The van der Waals surface area contributed by atoms with Crippen molar-refractivity contribution in [2.75, 3.05) is 11.1 Å². The summed E-state index contributed by atoms with van der Waals surface area (Å²) in [4.78, 5) is 20.6. The number of rotatable bonds is 3. The van der Waals surface area contributed by atoms with Crippen LogP contribution in [-0.2, 0) is 4.79 Å². The largest absolute Gasteiger partial charge is 0.397 e. The first-order valence-corrected chi connectivity index (χ1v) is 8.86. The predicted octanol–water partition coefficient (Wildman–Crippen LogP) is 3.94. The maximum Gasteiger partial charge on any atom is 0.230 e. The first kappa shape index (κ1) is 17.3. The van der Waals surface area contributed by atoms with Crippen LogP contribution in [0.4, 0.5) is 11.5 Å². The van der Waals surface area contributed by atoms with E-state index in [1.54, 1.807) is 24.7 Å². The van der Waals surface area contributed by atoms with Gasteiger partial charge in [0, 0.05) is 35.1 Å². The minimum Gasteiger partial charge on any atom is -0.397 e. The van der Waals surface area contributed by atoms with Crippen molar-refractivity contribution >= 4 is 39.8 Å². The van der Waals surface area contributed by atoms with Crippen molar-refractivity contribution in [2.45, 2.75) is 13.3 Å². The number of pyridine rings is 2. The fourth-order valence-electron chi connectivity index (χ4n) is 3.15. The number of nitrogens with zero attached hydrogens (tertiary/aromatic N) is 3. The van der Waals surface area contributed by atoms with Gasteiger partial charge in [0.25, 0.3) is 0 Å². The number of nitrogens with one attached hydrogen (secondary N) is 1. The molecule has 0 aliphatic heterocycles. The molecule has 0 spiro atoms. The van der Waals surface area contributed by atoms with Gasteiger partial charge in [0.1, 0.15) is 5.82 Å². The number of amides is 1. The van der Waals surface area contributed by atoms with Crippen LogP contribution >= 0.6 is 11.6 Å². The number of aromatic nitrogens is 2. The van der Waals surface area contributed by atoms with Gasteiger partial charge in [-0.2, -0.15) is 5.26 Å². The van der Waals surface area contributed by atoms with E-state index >= 15 is 0 Å². The smallest absolute Gasteiger partial charge is 0.230 e. The maximum absolute atomic E-state index is 12.2. The molecule has 2 heterocycles. The Balaban J connectivity index is 1.75. The molecule has 1 saturated carbocycles. The molecular weight excluding hydrogens is 362 g/mol. The second-order valence-corrected chi connectivity index (χ2v) is 7.08. The minimum atomic E-state index is -0.253. The van der Waals surface area contributed by atoms with Gasteiger partial charge >= 0.3 is 0 Å². The number of nitrogens with two attached hydrogens (primary N) is 1. The number of halogens is 1. The fraction of sp³-hybridized carbons (Fsp3) is 0.200. The Morgan fingerprint density at radius 3 is 2.89 bits per heavy atom. The van der Waals surface area contributed by atoms with Crippen LogP contribution in [-0.4, -0.2) is 15.9 Å². The summed E-state index contributed by atoms with van der Waals surface area (Å²) in [6, 6.07) is 7.70. The van der Waals surface area contributed by atoms with Crippen molar-refractivity contribution in [3.8, 4) is 17.2 Å². The third-order valence-electron chi connectivity index (χ3n) is 4.87. The molecule has 2 aromatic heterocycles. The Morgan fingerprint density at radius 2 is 2.19 bits per heavy atom. The Morgan fingerprint density at radius 1 is 1.37 bits per heavy atom. The number of carbonyl (C=O) groups is 1. The average Bonchev–Trinajstić information content (AvgIpc) is 3.45. The van der Waals surface area contributed by atoms with E-state index in [1.165, 1.54) is 0 Å². The molecule has 1 unspecified atom stereocenters. The zero-order valence-corrected chi connectivity index (χ0v) is 15.3. The summed E-state index contributed by atoms with van der Waals surface area (Å²) in [7, 11) is 0. The van der Waals surface area contributed by atoms with Gasteiger partial charge in [-0.15, -0.1) is 0 Å². The summed E-state index contributed by atoms with van der Waals surface area (Å²) in [5, 5.41) is 13.6. The minimum absolute atomic E-state index is 0.182. The van der Waals surface area contributed by atoms with Crippen molar-refractivity contribution in [3.63, 3.8) is 0 Å². The number of hydrogen-bond donors (Lipinski definition) is 2. The molecule has 2 atom stereocenters. The zero-order valence-electron chi connectivity index (χ0n) is 14.5. The van der Waals surface area contributed by atoms with Crippen LogP contribution in [0.5, 0.6) is 0 Å². The number of nitriles is 1. The molecule has 7 heteroatoms. The molecule has 1 amide bonds. The molecule has 1 aliphatic rings. The molecular formula is C20H16ClN5O. The zero-order chi connectivity index (χ0) is 19.1. The van der Waals surface area contributed by atoms with Gasteiger partial charge in [-0.1, -0.05) is 11.6 Å². The number of fused-ring (bicyclic) bond motifs is 1. The van der Waals surface area contributed by atoms with Crippen molar-refractivity contribution in [3.05, 3.63) is 47.4 Å². The third kappa shape index (κ3) is 3.07. The van der Waals surface area contributed by atoms with Crippen LogP contribution < -0.4 is 11.1 Å². The molecule has 1 fully saturated rings. The van der Waals surface area contributed by atoms with Crippen molar-refractivity contribution in [1.82, 2.24) is 9.97 Å². The first-order valence-electron chi connectivity index (χ1n) is 8.48. The van der Waals surface area contributed by atoms with E-state index in [9.17, 15) is 4.79 Å². The lowest BCUT2D eigenvalue weighted by molar-refractivity contribution is -0.117. The predicted molar refractivity (Wildman–Crippen MR) is 105 cm³/mol. The number of hydrogen-bond acceptors (Lipinski definition) is 5. The van der Waals surface area contributed by atoms with Gasteiger partial charge in [-0.3, -0.25) is 9.78 Å². The van der Waals surface area contributed by atoms with Gasteiger partial charge in [0.2, 0.25) is 5.91 Å². The molecule has 0 saturated heterocycles. The van der Waals surface area contributed by atoms with Gasteiger partial charge in [0.05, 0.1) is 28.6 Å². The van der Waals surface area contributed by atoms with E-state index in [4.69, 9.17) is 22.6 Å². The number of nitrogen functional groups attached to an aromatic ring is 1. The molecule has 134 valence electrons. The molecule has 3 aromatic rings. The van der Waals surface area contributed by atoms with E-state index < -0.39 is 0 Å². The van der Waals surface area contributed by atoms with E-state index in [1.807, 2.05) is 19.1 Å². The monoisotopic (exact) mass is 377 g/mol. The topological polar surface area (TPSA) is 105 Å². The quantitative estimate of drug-likeness (QED) is 0.672. The number of anilines is 2. The number of carbonyl (C=O) groups excluding carboxylic acids is 1. The van der Waals surface area contributed by atoms with Crippen LogP contribution in [0.2, 0.25) is 5.02 Å². The molecule has 4 rings (SSSR count). The summed E-state index contributed by atoms with van der Waals surface area (Å²) < 4.78 is 0. The Kier molecular flexibility index (Phi) is 4.17. The summed E-state index contributed by atoms with van der Waals surface area (Å²) in [5.41, 5.74) is 9.38. The molecule has 3 N–H and O–H groups in total. The lowest BCUT2D eigenvalue weighted by Gasteiger charge is -2.13. The number of benzene rings is 1. The summed E-state index contributed by atoms with van der Waals surface area (Å²) in [5.74, 6) is -0.207. The molecule has 6 nitrogen and oxygen atoms in total. The van der Waals surface area contributed by atoms with Crippen molar-refractivity contribution in [2.24, 2.45) is 11.8 Å². The van der Waals surface area contributed by atoms with Crippen LogP contribution in [0.1, 0.15) is 12.0 Å². The standard InChI is InChI=1S/C20H16ClN5O/c1-10-2-3-24-8-15(10)14-4-11-6-17(25-9-16(11)19(23)18(14)21)26-20(27)13-5-12(13)7-22/h2-4,6,8-9,12-13H,5,23H2,1H3,(H,25,26,27)/t12-,13?/m1/s1. The van der Waals surface area contributed by atoms with Crippen molar-refractivity contribution < 1.29 is 4.79 Å². The van der Waals surface area contributed by atoms with Crippen LogP contribution in [0.3, 0.4) is 0 Å². The molecule has 0 bridgehead atoms. The Labute approximate surface area is 161 Å². The fourth-order valence-corrected chi connectivity index (χ4v) is 3.41. The van der Waals surface area contributed by atoms with E-state index in [0.29, 0.717) is 28.3 Å². The van der Waals surface area contributed by atoms with Crippen LogP contribution in [0.25, 0.3) is 21.9 Å². The van der Waals surface area contributed by atoms with Crippen LogP contribution in [0.15, 0.2) is 36.8 Å². The van der Waals surface area contributed by atoms with Gasteiger partial charge in [-0.25, -0.2) is 4.98 Å². The van der Waals surface area contributed by atoms with Gasteiger partial charge < -0.3 is 11.1 Å². The van der Waals surface area contributed by atoms with E-state index in [2.05, 4.69) is 21.4 Å². The highest BCUT2D eigenvalue weighted by atomic mass is 35.5. The first-order chi connectivity index (χ1) is 13.0. The highest BCUT2D eigenvalue weighted by molar-refractivity contribution is 6.37. The molecule has 0 radical (unpaired) electrons. The second kappa shape index (κ2) is 6.53. The highest BCUT2D eigenvalue weighted by Crippen LogP contribution is 2.40. The SMILES string of the molecule is Cc1ccncc1-c1cc2cc(NC(=O)C3C[C@@H]3C#N)ncc2c(N)c1Cl. The summed E-state index contributed by atoms with van der Waals surface area (Å²) in [6.07, 6.45) is 5.67.